The lowest BCUT2D eigenvalue weighted by Gasteiger charge is -2.38. The smallest absolute Gasteiger partial charge is 0.326 e. The number of hydrogen-bond donors (Lipinski definition) is 4. The first kappa shape index (κ1) is 26.5. The molecule has 0 radical (unpaired) electrons. The predicted molar refractivity (Wildman–Crippen MR) is 146 cm³/mol. The SMILES string of the molecule is CC[C@@H](C)[C@H](NC(=O)[C@@H]1Cc2c([nH]c3ccccc23)[C@H]2c3ccccc3C(=O)N21)C(=O)N[C@@H](C(=O)O)C(C)C. The Morgan fingerprint density at radius 1 is 1.03 bits per heavy atom. The summed E-state index contributed by atoms with van der Waals surface area (Å²) in [5.74, 6) is -2.93. The van der Waals surface area contributed by atoms with Crippen molar-refractivity contribution in [1.82, 2.24) is 20.5 Å². The molecule has 39 heavy (non-hydrogen) atoms. The molecule has 0 unspecified atom stereocenters. The zero-order chi connectivity index (χ0) is 28.0. The third-order valence-corrected chi connectivity index (χ3v) is 8.18. The van der Waals surface area contributed by atoms with Crippen LogP contribution in [0.4, 0.5) is 0 Å². The Kier molecular flexibility index (Phi) is 6.92. The molecular formula is C30H34N4O5. The number of fused-ring (bicyclic) bond motifs is 7. The molecule has 0 spiro atoms. The molecule has 2 aromatic carbocycles. The summed E-state index contributed by atoms with van der Waals surface area (Å²) in [6.07, 6.45) is 0.881. The number of benzene rings is 2. The van der Waals surface area contributed by atoms with E-state index >= 15 is 0 Å². The van der Waals surface area contributed by atoms with Crippen LogP contribution in [0.2, 0.25) is 0 Å². The second kappa shape index (κ2) is 10.2. The van der Waals surface area contributed by atoms with E-state index in [1.165, 1.54) is 0 Å². The van der Waals surface area contributed by atoms with Gasteiger partial charge in [0.1, 0.15) is 18.1 Å². The summed E-state index contributed by atoms with van der Waals surface area (Å²) in [6.45, 7) is 7.18. The molecular weight excluding hydrogens is 496 g/mol. The summed E-state index contributed by atoms with van der Waals surface area (Å²) >= 11 is 0. The number of nitrogens with zero attached hydrogens (tertiary/aromatic N) is 1. The number of aromatic amines is 1. The van der Waals surface area contributed by atoms with Crippen LogP contribution in [0.1, 0.15) is 67.3 Å². The fraction of sp³-hybridized carbons (Fsp3) is 0.400. The van der Waals surface area contributed by atoms with Gasteiger partial charge >= 0.3 is 5.97 Å². The summed E-state index contributed by atoms with van der Waals surface area (Å²) in [5, 5.41) is 16.1. The van der Waals surface area contributed by atoms with Gasteiger partial charge in [-0.05, 0) is 35.1 Å². The van der Waals surface area contributed by atoms with E-state index in [0.717, 1.165) is 27.7 Å². The van der Waals surface area contributed by atoms with Gasteiger partial charge in [-0.3, -0.25) is 14.4 Å². The number of rotatable bonds is 8. The third kappa shape index (κ3) is 4.45. The standard InChI is InChI=1S/C30H34N4O5/c1-5-16(4)24(28(36)32-23(15(2)3)30(38)39)33-27(35)22-14-20-17-10-8-9-13-21(17)31-25(20)26-18-11-6-7-12-19(18)29(37)34(22)26/h6-13,15-16,22-24,26,31H,5,14H2,1-4H3,(H,32,36)(H,33,35)(H,38,39)/t16-,22+,23-,24+,26-/m1/s1. The molecule has 0 fully saturated rings. The zero-order valence-corrected chi connectivity index (χ0v) is 22.5. The molecule has 2 aliphatic rings. The number of carboxylic acids is 1. The second-order valence-electron chi connectivity index (χ2n) is 10.9. The Labute approximate surface area is 227 Å². The zero-order valence-electron chi connectivity index (χ0n) is 22.5. The first-order valence-corrected chi connectivity index (χ1v) is 13.5. The minimum atomic E-state index is -1.13. The van der Waals surface area contributed by atoms with E-state index in [9.17, 15) is 24.3 Å². The van der Waals surface area contributed by atoms with E-state index in [2.05, 4.69) is 15.6 Å². The third-order valence-electron chi connectivity index (χ3n) is 8.18. The number of carboxylic acid groups (broad SMARTS) is 1. The largest absolute Gasteiger partial charge is 0.480 e. The van der Waals surface area contributed by atoms with Crippen LogP contribution in [-0.2, 0) is 20.8 Å². The molecule has 1 aromatic heterocycles. The second-order valence-corrected chi connectivity index (χ2v) is 10.9. The Balaban J connectivity index is 1.51. The molecule has 0 saturated carbocycles. The van der Waals surface area contributed by atoms with Crippen LogP contribution in [0.25, 0.3) is 10.9 Å². The summed E-state index contributed by atoms with van der Waals surface area (Å²) in [6, 6.07) is 11.9. The summed E-state index contributed by atoms with van der Waals surface area (Å²) in [5.41, 5.74) is 4.21. The maximum absolute atomic E-state index is 14.0. The van der Waals surface area contributed by atoms with Crippen LogP contribution in [0.15, 0.2) is 48.5 Å². The van der Waals surface area contributed by atoms with Crippen molar-refractivity contribution >= 4 is 34.6 Å². The summed E-state index contributed by atoms with van der Waals surface area (Å²) in [4.78, 5) is 57.8. The fourth-order valence-corrected chi connectivity index (χ4v) is 5.85. The number of amides is 3. The van der Waals surface area contributed by atoms with Gasteiger partial charge in [0.2, 0.25) is 11.8 Å². The lowest BCUT2D eigenvalue weighted by Crippen LogP contribution is -2.59. The average Bonchev–Trinajstić information content (AvgIpc) is 3.44. The van der Waals surface area contributed by atoms with Gasteiger partial charge in [0.25, 0.3) is 5.91 Å². The van der Waals surface area contributed by atoms with Crippen LogP contribution in [0.5, 0.6) is 0 Å². The van der Waals surface area contributed by atoms with Gasteiger partial charge in [0.05, 0.1) is 6.04 Å². The van der Waals surface area contributed by atoms with Crippen molar-refractivity contribution < 1.29 is 24.3 Å². The molecule has 3 heterocycles. The lowest BCUT2D eigenvalue weighted by atomic mass is 9.89. The van der Waals surface area contributed by atoms with Crippen LogP contribution >= 0.6 is 0 Å². The summed E-state index contributed by atoms with van der Waals surface area (Å²) < 4.78 is 0. The number of hydrogen-bond acceptors (Lipinski definition) is 4. The van der Waals surface area contributed by atoms with E-state index < -0.39 is 42.0 Å². The lowest BCUT2D eigenvalue weighted by molar-refractivity contribution is -0.144. The molecule has 9 heteroatoms. The highest BCUT2D eigenvalue weighted by molar-refractivity contribution is 6.04. The van der Waals surface area contributed by atoms with E-state index in [4.69, 9.17) is 0 Å². The Bertz CT molecular complexity index is 1460. The minimum Gasteiger partial charge on any atom is -0.480 e. The monoisotopic (exact) mass is 530 g/mol. The molecule has 204 valence electrons. The first-order chi connectivity index (χ1) is 18.6. The maximum atomic E-state index is 14.0. The number of nitrogens with one attached hydrogen (secondary N) is 3. The van der Waals surface area contributed by atoms with Gasteiger partial charge in [-0.2, -0.15) is 0 Å². The van der Waals surface area contributed by atoms with Gasteiger partial charge in [-0.25, -0.2) is 4.79 Å². The maximum Gasteiger partial charge on any atom is 0.326 e. The van der Waals surface area contributed by atoms with E-state index in [-0.39, 0.29) is 17.7 Å². The Morgan fingerprint density at radius 2 is 1.72 bits per heavy atom. The van der Waals surface area contributed by atoms with Crippen molar-refractivity contribution in [3.8, 4) is 0 Å². The molecule has 3 aromatic rings. The van der Waals surface area contributed by atoms with Crippen molar-refractivity contribution in [2.45, 2.75) is 64.7 Å². The van der Waals surface area contributed by atoms with Gasteiger partial charge < -0.3 is 25.6 Å². The fourth-order valence-electron chi connectivity index (χ4n) is 5.85. The molecule has 3 amide bonds. The molecule has 2 aliphatic heterocycles. The number of aromatic nitrogens is 1. The minimum absolute atomic E-state index is 0.227. The number of para-hydroxylation sites is 1. The molecule has 4 N–H and O–H groups in total. The highest BCUT2D eigenvalue weighted by atomic mass is 16.4. The number of carbonyl (C=O) groups is 4. The van der Waals surface area contributed by atoms with E-state index in [1.807, 2.05) is 56.3 Å². The van der Waals surface area contributed by atoms with Gasteiger partial charge in [-0.15, -0.1) is 0 Å². The Morgan fingerprint density at radius 3 is 2.41 bits per heavy atom. The van der Waals surface area contributed by atoms with Gasteiger partial charge in [0, 0.05) is 28.6 Å². The first-order valence-electron chi connectivity index (χ1n) is 13.5. The summed E-state index contributed by atoms with van der Waals surface area (Å²) in [7, 11) is 0. The van der Waals surface area contributed by atoms with Crippen LogP contribution < -0.4 is 10.6 Å². The molecule has 9 nitrogen and oxygen atoms in total. The van der Waals surface area contributed by atoms with Crippen molar-refractivity contribution in [2.24, 2.45) is 11.8 Å². The Hall–Kier alpha value is -4.14. The van der Waals surface area contributed by atoms with Crippen LogP contribution in [0, 0.1) is 11.8 Å². The topological polar surface area (TPSA) is 132 Å². The van der Waals surface area contributed by atoms with E-state index in [1.54, 1.807) is 24.8 Å². The van der Waals surface area contributed by atoms with Crippen molar-refractivity contribution in [3.63, 3.8) is 0 Å². The van der Waals surface area contributed by atoms with Crippen molar-refractivity contribution in [3.05, 3.63) is 70.9 Å². The molecule has 5 atom stereocenters. The normalized spacial score (nSPS) is 20.1. The molecule has 5 rings (SSSR count). The highest BCUT2D eigenvalue weighted by Gasteiger charge is 2.49. The van der Waals surface area contributed by atoms with Crippen molar-refractivity contribution in [1.29, 1.82) is 0 Å². The highest BCUT2D eigenvalue weighted by Crippen LogP contribution is 2.46. The molecule has 0 aliphatic carbocycles. The van der Waals surface area contributed by atoms with E-state index in [0.29, 0.717) is 18.4 Å². The van der Waals surface area contributed by atoms with Crippen LogP contribution in [0.3, 0.4) is 0 Å². The average molecular weight is 531 g/mol. The number of aliphatic carboxylic acids is 1. The van der Waals surface area contributed by atoms with Crippen molar-refractivity contribution in [2.75, 3.05) is 0 Å². The van der Waals surface area contributed by atoms with Gasteiger partial charge in [0.15, 0.2) is 0 Å². The predicted octanol–water partition coefficient (Wildman–Crippen LogP) is 3.39. The number of carbonyl (C=O) groups excluding carboxylic acids is 3. The quantitative estimate of drug-likeness (QED) is 0.355. The van der Waals surface area contributed by atoms with Gasteiger partial charge in [-0.1, -0.05) is 70.5 Å². The van der Waals surface area contributed by atoms with Crippen LogP contribution in [-0.4, -0.2) is 56.8 Å². The number of H-pyrrole nitrogens is 1. The molecule has 0 saturated heterocycles. The molecule has 0 bridgehead atoms.